The summed E-state index contributed by atoms with van der Waals surface area (Å²) in [6.45, 7) is 2.05. The highest BCUT2D eigenvalue weighted by Gasteiger charge is 2.18. The molecule has 2 nitrogen and oxygen atoms in total. The monoisotopic (exact) mass is 361 g/mol. The van der Waals surface area contributed by atoms with Gasteiger partial charge >= 0.3 is 0 Å². The summed E-state index contributed by atoms with van der Waals surface area (Å²) in [6.07, 6.45) is 1.88. The summed E-state index contributed by atoms with van der Waals surface area (Å²) in [7, 11) is 1.95. The lowest BCUT2D eigenvalue weighted by Crippen LogP contribution is -2.01. The summed E-state index contributed by atoms with van der Waals surface area (Å²) in [6, 6.07) is 11.3. The van der Waals surface area contributed by atoms with Gasteiger partial charge in [-0.25, -0.2) is 0 Å². The molecule has 0 atom stereocenters. The van der Waals surface area contributed by atoms with Crippen molar-refractivity contribution in [3.8, 4) is 0 Å². The second-order valence-electron chi connectivity index (χ2n) is 5.13. The van der Waals surface area contributed by atoms with E-state index in [9.17, 15) is 4.79 Å². The van der Waals surface area contributed by atoms with Gasteiger partial charge in [0.2, 0.25) is 0 Å². The van der Waals surface area contributed by atoms with Gasteiger partial charge in [-0.2, -0.15) is 0 Å². The van der Waals surface area contributed by atoms with Crippen LogP contribution in [0, 0.1) is 6.92 Å². The molecule has 0 aliphatic heterocycles. The Morgan fingerprint density at radius 2 is 1.90 bits per heavy atom. The van der Waals surface area contributed by atoms with Gasteiger partial charge in [0.15, 0.2) is 5.78 Å². The zero-order valence-electron chi connectivity index (χ0n) is 11.7. The van der Waals surface area contributed by atoms with E-state index in [-0.39, 0.29) is 5.78 Å². The molecule has 4 heteroatoms. The maximum atomic E-state index is 12.8. The molecule has 0 saturated heterocycles. The lowest BCUT2D eigenvalue weighted by atomic mass is 10.0. The standard InChI is InChI=1S/C17H13BrClNO/c1-10-3-5-12-14(9-20(2)16(12)7-10)17(21)13-6-4-11(19)8-15(13)18/h3-9H,1-2H3. The zero-order chi connectivity index (χ0) is 15.1. The highest BCUT2D eigenvalue weighted by atomic mass is 79.9. The molecule has 0 aliphatic carbocycles. The maximum Gasteiger partial charge on any atom is 0.196 e. The van der Waals surface area contributed by atoms with E-state index < -0.39 is 0 Å². The number of aromatic nitrogens is 1. The van der Waals surface area contributed by atoms with Crippen LogP contribution >= 0.6 is 27.5 Å². The van der Waals surface area contributed by atoms with Gasteiger partial charge in [0, 0.05) is 44.8 Å². The first-order chi connectivity index (χ1) is 9.97. The molecule has 0 radical (unpaired) electrons. The third-order valence-corrected chi connectivity index (χ3v) is 4.46. The van der Waals surface area contributed by atoms with Gasteiger partial charge in [-0.15, -0.1) is 0 Å². The van der Waals surface area contributed by atoms with Crippen LogP contribution in [-0.2, 0) is 7.05 Å². The second-order valence-corrected chi connectivity index (χ2v) is 6.42. The van der Waals surface area contributed by atoms with Gasteiger partial charge in [0.1, 0.15) is 0 Å². The first kappa shape index (κ1) is 14.4. The van der Waals surface area contributed by atoms with Crippen molar-refractivity contribution in [1.29, 1.82) is 0 Å². The minimum Gasteiger partial charge on any atom is -0.350 e. The van der Waals surface area contributed by atoms with Crippen LogP contribution in [0.4, 0.5) is 0 Å². The number of nitrogens with zero attached hydrogens (tertiary/aromatic N) is 1. The predicted molar refractivity (Wildman–Crippen MR) is 90.2 cm³/mol. The average molecular weight is 363 g/mol. The minimum absolute atomic E-state index is 0.00649. The fourth-order valence-corrected chi connectivity index (χ4v) is 3.36. The first-order valence-corrected chi connectivity index (χ1v) is 7.70. The van der Waals surface area contributed by atoms with E-state index in [1.807, 2.05) is 36.9 Å². The van der Waals surface area contributed by atoms with Crippen molar-refractivity contribution in [1.82, 2.24) is 4.57 Å². The van der Waals surface area contributed by atoms with Crippen molar-refractivity contribution in [2.24, 2.45) is 7.05 Å². The van der Waals surface area contributed by atoms with E-state index >= 15 is 0 Å². The van der Waals surface area contributed by atoms with Crippen molar-refractivity contribution in [3.63, 3.8) is 0 Å². The van der Waals surface area contributed by atoms with Crippen molar-refractivity contribution in [2.45, 2.75) is 6.92 Å². The van der Waals surface area contributed by atoms with E-state index in [2.05, 4.69) is 22.0 Å². The van der Waals surface area contributed by atoms with E-state index in [1.54, 1.807) is 18.2 Å². The summed E-state index contributed by atoms with van der Waals surface area (Å²) < 4.78 is 2.70. The summed E-state index contributed by atoms with van der Waals surface area (Å²) in [4.78, 5) is 12.8. The summed E-state index contributed by atoms with van der Waals surface area (Å²) >= 11 is 9.35. The average Bonchev–Trinajstić information content (AvgIpc) is 2.75. The molecule has 0 unspecified atom stereocenters. The van der Waals surface area contributed by atoms with Gasteiger partial charge in [-0.05, 0) is 52.7 Å². The zero-order valence-corrected chi connectivity index (χ0v) is 14.0. The largest absolute Gasteiger partial charge is 0.350 e. The van der Waals surface area contributed by atoms with Crippen LogP contribution in [0.5, 0.6) is 0 Å². The van der Waals surface area contributed by atoms with Gasteiger partial charge in [0.25, 0.3) is 0 Å². The lowest BCUT2D eigenvalue weighted by Gasteiger charge is -2.03. The van der Waals surface area contributed by atoms with Gasteiger partial charge in [0.05, 0.1) is 0 Å². The van der Waals surface area contributed by atoms with Crippen LogP contribution in [0.2, 0.25) is 5.02 Å². The highest BCUT2D eigenvalue weighted by Crippen LogP contribution is 2.28. The Kier molecular flexibility index (Phi) is 3.64. The number of fused-ring (bicyclic) bond motifs is 1. The van der Waals surface area contributed by atoms with E-state index in [4.69, 9.17) is 11.6 Å². The third-order valence-electron chi connectivity index (χ3n) is 3.57. The fraction of sp³-hybridized carbons (Fsp3) is 0.118. The molecule has 0 amide bonds. The molecule has 1 aromatic heterocycles. The van der Waals surface area contributed by atoms with Crippen LogP contribution in [-0.4, -0.2) is 10.4 Å². The summed E-state index contributed by atoms with van der Waals surface area (Å²) in [5.74, 6) is -0.00649. The number of benzene rings is 2. The van der Waals surface area contributed by atoms with Crippen LogP contribution in [0.1, 0.15) is 21.5 Å². The predicted octanol–water partition coefficient (Wildman–Crippen LogP) is 5.13. The number of hydrogen-bond acceptors (Lipinski definition) is 1. The topological polar surface area (TPSA) is 22.0 Å². The molecule has 0 bridgehead atoms. The summed E-state index contributed by atoms with van der Waals surface area (Å²) in [5.41, 5.74) is 3.56. The maximum absolute atomic E-state index is 12.8. The van der Waals surface area contributed by atoms with Crippen LogP contribution in [0.3, 0.4) is 0 Å². The molecule has 21 heavy (non-hydrogen) atoms. The number of ketones is 1. The number of halogens is 2. The molecular formula is C17H13BrClNO. The van der Waals surface area contributed by atoms with Crippen molar-refractivity contribution >= 4 is 44.2 Å². The van der Waals surface area contributed by atoms with E-state index in [1.165, 1.54) is 5.56 Å². The normalized spacial score (nSPS) is 11.0. The Balaban J connectivity index is 2.18. The molecule has 106 valence electrons. The third kappa shape index (κ3) is 2.52. The molecule has 0 N–H and O–H groups in total. The van der Waals surface area contributed by atoms with Crippen molar-refractivity contribution in [3.05, 3.63) is 68.8 Å². The smallest absolute Gasteiger partial charge is 0.196 e. The Morgan fingerprint density at radius 3 is 2.62 bits per heavy atom. The quantitative estimate of drug-likeness (QED) is 0.579. The molecular weight excluding hydrogens is 350 g/mol. The lowest BCUT2D eigenvalue weighted by molar-refractivity contribution is 0.103. The molecule has 0 spiro atoms. The van der Waals surface area contributed by atoms with Crippen LogP contribution < -0.4 is 0 Å². The number of hydrogen-bond donors (Lipinski definition) is 0. The molecule has 0 saturated carbocycles. The molecule has 2 aromatic carbocycles. The molecule has 3 rings (SSSR count). The van der Waals surface area contributed by atoms with Crippen LogP contribution in [0.15, 0.2) is 47.1 Å². The molecule has 0 fully saturated rings. The van der Waals surface area contributed by atoms with Crippen molar-refractivity contribution < 1.29 is 4.79 Å². The number of rotatable bonds is 2. The Bertz CT molecular complexity index is 867. The Morgan fingerprint density at radius 1 is 1.14 bits per heavy atom. The molecule has 1 heterocycles. The number of carbonyl (C=O) groups excluding carboxylic acids is 1. The van der Waals surface area contributed by atoms with E-state index in [0.29, 0.717) is 20.6 Å². The van der Waals surface area contributed by atoms with E-state index in [0.717, 1.165) is 10.9 Å². The minimum atomic E-state index is -0.00649. The van der Waals surface area contributed by atoms with Gasteiger partial charge in [-0.1, -0.05) is 23.7 Å². The molecule has 0 aliphatic rings. The SMILES string of the molecule is Cc1ccc2c(C(=O)c3ccc(Cl)cc3Br)cn(C)c2c1. The number of aryl methyl sites for hydroxylation is 2. The van der Waals surface area contributed by atoms with Gasteiger partial charge < -0.3 is 4.57 Å². The summed E-state index contributed by atoms with van der Waals surface area (Å²) in [5, 5.41) is 1.57. The van der Waals surface area contributed by atoms with Gasteiger partial charge in [-0.3, -0.25) is 4.79 Å². The molecule has 3 aromatic rings. The number of carbonyl (C=O) groups is 1. The highest BCUT2D eigenvalue weighted by molar-refractivity contribution is 9.10. The Labute approximate surface area is 136 Å². The van der Waals surface area contributed by atoms with Crippen LogP contribution in [0.25, 0.3) is 10.9 Å². The second kappa shape index (κ2) is 5.32. The van der Waals surface area contributed by atoms with Crippen molar-refractivity contribution in [2.75, 3.05) is 0 Å². The Hall–Kier alpha value is -1.58. The first-order valence-electron chi connectivity index (χ1n) is 6.53. The fourth-order valence-electron chi connectivity index (χ4n) is 2.49.